The fraction of sp³-hybridized carbons (Fsp3) is 0.364. The molecule has 1 amide bonds. The van der Waals surface area contributed by atoms with Crippen molar-refractivity contribution < 1.29 is 14.3 Å². The second-order valence-corrected chi connectivity index (χ2v) is 6.79. The fourth-order valence-electron chi connectivity index (χ4n) is 3.51. The Morgan fingerprint density at radius 1 is 1.11 bits per heavy atom. The molecule has 3 rings (SSSR count). The van der Waals surface area contributed by atoms with E-state index in [4.69, 9.17) is 4.74 Å². The van der Waals surface area contributed by atoms with E-state index in [1.165, 1.54) is 0 Å². The van der Waals surface area contributed by atoms with E-state index in [-0.39, 0.29) is 24.3 Å². The van der Waals surface area contributed by atoms with Gasteiger partial charge in [-0.15, -0.1) is 0 Å². The Bertz CT molecular complexity index is 776. The lowest BCUT2D eigenvalue weighted by atomic mass is 9.98. The SMILES string of the molecule is CCOC(=O)[C@@H]1CCCN(CC(=O)Nc2ccccc2-c2ccccc2)C1. The van der Waals surface area contributed by atoms with Crippen molar-refractivity contribution >= 4 is 17.6 Å². The number of para-hydroxylation sites is 1. The molecule has 2 aromatic rings. The van der Waals surface area contributed by atoms with Gasteiger partial charge < -0.3 is 10.1 Å². The summed E-state index contributed by atoms with van der Waals surface area (Å²) >= 11 is 0. The van der Waals surface area contributed by atoms with E-state index in [2.05, 4.69) is 5.32 Å². The van der Waals surface area contributed by atoms with Crippen LogP contribution in [0.2, 0.25) is 0 Å². The van der Waals surface area contributed by atoms with Gasteiger partial charge in [0, 0.05) is 17.8 Å². The van der Waals surface area contributed by atoms with Gasteiger partial charge in [0.25, 0.3) is 0 Å². The predicted molar refractivity (Wildman–Crippen MR) is 106 cm³/mol. The third-order valence-corrected chi connectivity index (χ3v) is 4.78. The zero-order valence-electron chi connectivity index (χ0n) is 15.7. The minimum Gasteiger partial charge on any atom is -0.466 e. The summed E-state index contributed by atoms with van der Waals surface area (Å²) in [5.74, 6) is -0.358. The van der Waals surface area contributed by atoms with Gasteiger partial charge in [-0.1, -0.05) is 48.5 Å². The van der Waals surface area contributed by atoms with Crippen LogP contribution in [0.1, 0.15) is 19.8 Å². The van der Waals surface area contributed by atoms with Crippen LogP contribution in [-0.4, -0.2) is 43.0 Å². The van der Waals surface area contributed by atoms with E-state index in [1.54, 1.807) is 0 Å². The first kappa shape index (κ1) is 19.1. The molecule has 1 atom stereocenters. The molecule has 1 aliphatic rings. The lowest BCUT2D eigenvalue weighted by molar-refractivity contribution is -0.150. The zero-order chi connectivity index (χ0) is 19.1. The number of nitrogens with zero attached hydrogens (tertiary/aromatic N) is 1. The molecular weight excluding hydrogens is 340 g/mol. The van der Waals surface area contributed by atoms with Crippen LogP contribution >= 0.6 is 0 Å². The average Bonchev–Trinajstić information content (AvgIpc) is 2.69. The van der Waals surface area contributed by atoms with Crippen molar-refractivity contribution in [1.82, 2.24) is 4.90 Å². The summed E-state index contributed by atoms with van der Waals surface area (Å²) in [4.78, 5) is 26.6. The third-order valence-electron chi connectivity index (χ3n) is 4.78. The zero-order valence-corrected chi connectivity index (χ0v) is 15.7. The number of hydrogen-bond donors (Lipinski definition) is 1. The molecule has 0 spiro atoms. The van der Waals surface area contributed by atoms with E-state index in [0.29, 0.717) is 13.2 Å². The minimum atomic E-state index is -0.156. The number of benzene rings is 2. The first-order valence-corrected chi connectivity index (χ1v) is 9.50. The first-order valence-electron chi connectivity index (χ1n) is 9.50. The lowest BCUT2D eigenvalue weighted by Gasteiger charge is -2.30. The van der Waals surface area contributed by atoms with Crippen molar-refractivity contribution in [2.24, 2.45) is 5.92 Å². The van der Waals surface area contributed by atoms with Crippen LogP contribution in [0, 0.1) is 5.92 Å². The third kappa shape index (κ3) is 5.17. The Balaban J connectivity index is 1.62. The Morgan fingerprint density at radius 3 is 2.63 bits per heavy atom. The number of piperidine rings is 1. The average molecular weight is 366 g/mol. The topological polar surface area (TPSA) is 58.6 Å². The van der Waals surface area contributed by atoms with Crippen LogP contribution in [0.25, 0.3) is 11.1 Å². The Kier molecular flexibility index (Phi) is 6.60. The molecule has 0 aromatic heterocycles. The Hall–Kier alpha value is -2.66. The van der Waals surface area contributed by atoms with Gasteiger partial charge in [-0.3, -0.25) is 14.5 Å². The van der Waals surface area contributed by atoms with Crippen LogP contribution in [0.3, 0.4) is 0 Å². The van der Waals surface area contributed by atoms with Gasteiger partial charge in [0.2, 0.25) is 5.91 Å². The standard InChI is InChI=1S/C22H26N2O3/c1-2-27-22(26)18-11-8-14-24(15-18)16-21(25)23-20-13-7-6-12-19(20)17-9-4-3-5-10-17/h3-7,9-10,12-13,18H,2,8,11,14-16H2,1H3,(H,23,25)/t18-/m1/s1. The summed E-state index contributed by atoms with van der Waals surface area (Å²) in [6.45, 7) is 3.89. The molecule has 142 valence electrons. The predicted octanol–water partition coefficient (Wildman–Crippen LogP) is 3.57. The highest BCUT2D eigenvalue weighted by Gasteiger charge is 2.27. The number of likely N-dealkylation sites (tertiary alicyclic amines) is 1. The number of carbonyl (C=O) groups is 2. The molecule has 1 N–H and O–H groups in total. The van der Waals surface area contributed by atoms with Gasteiger partial charge in [-0.25, -0.2) is 0 Å². The number of carbonyl (C=O) groups excluding carboxylic acids is 2. The molecule has 1 heterocycles. The van der Waals surface area contributed by atoms with Gasteiger partial charge in [-0.2, -0.15) is 0 Å². The van der Waals surface area contributed by atoms with E-state index in [0.717, 1.165) is 36.2 Å². The molecule has 5 heteroatoms. The smallest absolute Gasteiger partial charge is 0.310 e. The van der Waals surface area contributed by atoms with Crippen LogP contribution in [0.15, 0.2) is 54.6 Å². The van der Waals surface area contributed by atoms with E-state index >= 15 is 0 Å². The normalized spacial score (nSPS) is 17.3. The maximum atomic E-state index is 12.6. The maximum Gasteiger partial charge on any atom is 0.310 e. The highest BCUT2D eigenvalue weighted by molar-refractivity contribution is 5.96. The van der Waals surface area contributed by atoms with E-state index < -0.39 is 0 Å². The van der Waals surface area contributed by atoms with Crippen molar-refractivity contribution in [2.45, 2.75) is 19.8 Å². The molecule has 1 fully saturated rings. The summed E-state index contributed by atoms with van der Waals surface area (Å²) in [7, 11) is 0. The van der Waals surface area contributed by atoms with Gasteiger partial charge in [0.1, 0.15) is 0 Å². The summed E-state index contributed by atoms with van der Waals surface area (Å²) in [6.07, 6.45) is 1.73. The number of rotatable bonds is 6. The maximum absolute atomic E-state index is 12.6. The number of anilines is 1. The molecule has 0 bridgehead atoms. The van der Waals surface area contributed by atoms with Gasteiger partial charge in [-0.05, 0) is 37.9 Å². The number of hydrogen-bond acceptors (Lipinski definition) is 4. The molecule has 1 saturated heterocycles. The quantitative estimate of drug-likeness (QED) is 0.794. The van der Waals surface area contributed by atoms with Crippen LogP contribution < -0.4 is 5.32 Å². The van der Waals surface area contributed by atoms with Crippen molar-refractivity contribution in [3.63, 3.8) is 0 Å². The number of esters is 1. The molecule has 5 nitrogen and oxygen atoms in total. The van der Waals surface area contributed by atoms with E-state index in [1.807, 2.05) is 66.4 Å². The summed E-state index contributed by atoms with van der Waals surface area (Å²) in [6, 6.07) is 17.8. The molecule has 0 aliphatic carbocycles. The largest absolute Gasteiger partial charge is 0.466 e. The Labute approximate surface area is 160 Å². The van der Waals surface area contributed by atoms with Crippen molar-refractivity contribution in [3.05, 3.63) is 54.6 Å². The lowest BCUT2D eigenvalue weighted by Crippen LogP contribution is -2.43. The molecule has 1 aliphatic heterocycles. The second-order valence-electron chi connectivity index (χ2n) is 6.79. The minimum absolute atomic E-state index is 0.0668. The van der Waals surface area contributed by atoms with Crippen LogP contribution in [0.5, 0.6) is 0 Å². The second kappa shape index (κ2) is 9.33. The first-order chi connectivity index (χ1) is 13.2. The number of nitrogens with one attached hydrogen (secondary N) is 1. The van der Waals surface area contributed by atoms with E-state index in [9.17, 15) is 9.59 Å². The van der Waals surface area contributed by atoms with Crippen molar-refractivity contribution in [2.75, 3.05) is 31.6 Å². The number of amides is 1. The van der Waals surface area contributed by atoms with Crippen LogP contribution in [0.4, 0.5) is 5.69 Å². The number of ether oxygens (including phenoxy) is 1. The van der Waals surface area contributed by atoms with Crippen LogP contribution in [-0.2, 0) is 14.3 Å². The van der Waals surface area contributed by atoms with Crippen molar-refractivity contribution in [1.29, 1.82) is 0 Å². The molecule has 0 saturated carbocycles. The molecule has 2 aromatic carbocycles. The molecule has 0 unspecified atom stereocenters. The Morgan fingerprint density at radius 2 is 1.85 bits per heavy atom. The van der Waals surface area contributed by atoms with Gasteiger partial charge >= 0.3 is 5.97 Å². The monoisotopic (exact) mass is 366 g/mol. The molecule has 0 radical (unpaired) electrons. The highest BCUT2D eigenvalue weighted by Crippen LogP contribution is 2.27. The van der Waals surface area contributed by atoms with Crippen molar-refractivity contribution in [3.8, 4) is 11.1 Å². The molecular formula is C22H26N2O3. The summed E-state index contributed by atoms with van der Waals surface area (Å²) in [5, 5.41) is 3.03. The summed E-state index contributed by atoms with van der Waals surface area (Å²) < 4.78 is 5.13. The van der Waals surface area contributed by atoms with Gasteiger partial charge in [0.15, 0.2) is 0 Å². The molecule has 27 heavy (non-hydrogen) atoms. The highest BCUT2D eigenvalue weighted by atomic mass is 16.5. The van der Waals surface area contributed by atoms with Gasteiger partial charge in [0.05, 0.1) is 19.1 Å². The fourth-order valence-corrected chi connectivity index (χ4v) is 3.51. The summed E-state index contributed by atoms with van der Waals surface area (Å²) in [5.41, 5.74) is 2.86.